The van der Waals surface area contributed by atoms with E-state index in [2.05, 4.69) is 20.9 Å². The summed E-state index contributed by atoms with van der Waals surface area (Å²) in [6.45, 7) is 5.94. The van der Waals surface area contributed by atoms with E-state index >= 15 is 0 Å². The van der Waals surface area contributed by atoms with Crippen molar-refractivity contribution in [1.82, 2.24) is 4.98 Å². The lowest BCUT2D eigenvalue weighted by Crippen LogP contribution is -1.97. The third kappa shape index (κ3) is 3.30. The van der Waals surface area contributed by atoms with Gasteiger partial charge in [-0.2, -0.15) is 0 Å². The second kappa shape index (κ2) is 6.10. The fraction of sp³-hybridized carbons (Fsp3) is 0.267. The largest absolute Gasteiger partial charge is 0.436 e. The Kier molecular flexibility index (Phi) is 4.66. The molecule has 0 amide bonds. The molecule has 0 atom stereocenters. The summed E-state index contributed by atoms with van der Waals surface area (Å²) in [4.78, 5) is 3.93. The van der Waals surface area contributed by atoms with Crippen LogP contribution in [0.15, 0.2) is 28.9 Å². The van der Waals surface area contributed by atoms with Crippen molar-refractivity contribution in [1.29, 1.82) is 0 Å². The Labute approximate surface area is 131 Å². The quantitative estimate of drug-likeness (QED) is 0.685. The average Bonchev–Trinajstić information content (AvgIpc) is 2.35. The van der Waals surface area contributed by atoms with Crippen LogP contribution in [0.5, 0.6) is 11.6 Å². The maximum Gasteiger partial charge on any atom is 0.255 e. The lowest BCUT2D eigenvalue weighted by Gasteiger charge is -2.14. The van der Waals surface area contributed by atoms with Crippen LogP contribution < -0.4 is 4.74 Å². The third-order valence-corrected chi connectivity index (χ3v) is 3.66. The van der Waals surface area contributed by atoms with Gasteiger partial charge in [0.15, 0.2) is 5.82 Å². The molecule has 2 rings (SSSR count). The fourth-order valence-corrected chi connectivity index (χ4v) is 2.54. The van der Waals surface area contributed by atoms with Crippen molar-refractivity contribution in [2.24, 2.45) is 0 Å². The summed E-state index contributed by atoms with van der Waals surface area (Å²) >= 11 is 9.36. The number of pyridine rings is 1. The molecular weight excluding hydrogens is 345 g/mol. The van der Waals surface area contributed by atoms with Gasteiger partial charge in [-0.25, -0.2) is 9.37 Å². The molecular formula is C15H14BrClFNO. The van der Waals surface area contributed by atoms with Crippen molar-refractivity contribution in [3.63, 3.8) is 0 Å². The molecule has 1 aromatic carbocycles. The molecule has 2 nitrogen and oxygen atoms in total. The van der Waals surface area contributed by atoms with E-state index in [9.17, 15) is 4.39 Å². The van der Waals surface area contributed by atoms with Crippen molar-refractivity contribution in [3.8, 4) is 11.6 Å². The zero-order chi connectivity index (χ0) is 14.9. The van der Waals surface area contributed by atoms with Crippen LogP contribution in [-0.4, -0.2) is 4.98 Å². The summed E-state index contributed by atoms with van der Waals surface area (Å²) in [5.74, 6) is 0.258. The zero-order valence-electron chi connectivity index (χ0n) is 11.4. The Morgan fingerprint density at radius 1 is 1.30 bits per heavy atom. The van der Waals surface area contributed by atoms with E-state index in [1.54, 1.807) is 0 Å². The summed E-state index contributed by atoms with van der Waals surface area (Å²) in [6.07, 6.45) is 1.49. The van der Waals surface area contributed by atoms with E-state index in [1.165, 1.54) is 12.3 Å². The van der Waals surface area contributed by atoms with Crippen molar-refractivity contribution in [2.45, 2.75) is 26.7 Å². The van der Waals surface area contributed by atoms with Gasteiger partial charge in [0.25, 0.3) is 5.88 Å². The molecule has 0 bridgehead atoms. The number of benzene rings is 1. The fourth-order valence-electron chi connectivity index (χ4n) is 1.80. The highest BCUT2D eigenvalue weighted by Crippen LogP contribution is 2.34. The lowest BCUT2D eigenvalue weighted by atomic mass is 10.0. The number of aromatic nitrogens is 1. The third-order valence-electron chi connectivity index (χ3n) is 2.90. The highest BCUT2D eigenvalue weighted by molar-refractivity contribution is 9.10. The summed E-state index contributed by atoms with van der Waals surface area (Å²) in [7, 11) is 0. The first-order chi connectivity index (χ1) is 9.38. The van der Waals surface area contributed by atoms with E-state index in [1.807, 2.05) is 32.9 Å². The molecule has 0 N–H and O–H groups in total. The Balaban J connectivity index is 2.40. The van der Waals surface area contributed by atoms with Gasteiger partial charge < -0.3 is 4.74 Å². The molecule has 2 aromatic rings. The number of rotatable bonds is 3. The van der Waals surface area contributed by atoms with Crippen molar-refractivity contribution in [3.05, 3.63) is 50.8 Å². The van der Waals surface area contributed by atoms with Crippen molar-refractivity contribution < 1.29 is 9.13 Å². The van der Waals surface area contributed by atoms with Crippen LogP contribution in [-0.2, 0) is 0 Å². The van der Waals surface area contributed by atoms with Gasteiger partial charge in [-0.1, -0.05) is 25.4 Å². The first-order valence-corrected chi connectivity index (χ1v) is 7.34. The molecule has 1 aromatic heterocycles. The Bertz CT molecular complexity index is 646. The first kappa shape index (κ1) is 15.3. The highest BCUT2D eigenvalue weighted by atomic mass is 79.9. The van der Waals surface area contributed by atoms with Gasteiger partial charge in [-0.15, -0.1) is 0 Å². The summed E-state index contributed by atoms with van der Waals surface area (Å²) < 4.78 is 19.9. The van der Waals surface area contributed by atoms with Crippen molar-refractivity contribution >= 4 is 27.5 Å². The molecule has 0 fully saturated rings. The number of aryl methyl sites for hydroxylation is 1. The van der Waals surface area contributed by atoms with Gasteiger partial charge in [-0.05, 0) is 58.1 Å². The molecule has 5 heteroatoms. The Hall–Kier alpha value is -1.13. The molecule has 106 valence electrons. The van der Waals surface area contributed by atoms with E-state index in [-0.39, 0.29) is 11.8 Å². The molecule has 0 aliphatic carbocycles. The van der Waals surface area contributed by atoms with Crippen LogP contribution in [0.3, 0.4) is 0 Å². The SMILES string of the molecule is Cc1cc(Cl)c(C(C)C)cc1Oc1ncc(Br)cc1F. The number of halogens is 3. The molecule has 0 radical (unpaired) electrons. The predicted molar refractivity (Wildman–Crippen MR) is 82.2 cm³/mol. The predicted octanol–water partition coefficient (Wildman–Crippen LogP) is 5.86. The number of ether oxygens (including phenoxy) is 1. The normalized spacial score (nSPS) is 10.9. The monoisotopic (exact) mass is 357 g/mol. The van der Waals surface area contributed by atoms with Gasteiger partial charge in [0.1, 0.15) is 5.75 Å². The topological polar surface area (TPSA) is 22.1 Å². The second-order valence-electron chi connectivity index (χ2n) is 4.84. The standard InChI is InChI=1S/C15H14BrClFNO/c1-8(2)11-6-14(9(3)4-12(11)17)20-15-13(18)5-10(16)7-19-15/h4-8H,1-3H3. The molecule has 0 unspecified atom stereocenters. The van der Waals surface area contributed by atoms with Crippen LogP contribution in [0.2, 0.25) is 5.02 Å². The molecule has 0 aliphatic heterocycles. The van der Waals surface area contributed by atoms with E-state index in [4.69, 9.17) is 16.3 Å². The molecule has 0 spiro atoms. The Morgan fingerprint density at radius 2 is 2.00 bits per heavy atom. The van der Waals surface area contributed by atoms with Crippen LogP contribution >= 0.6 is 27.5 Å². The van der Waals surface area contributed by atoms with Crippen molar-refractivity contribution in [2.75, 3.05) is 0 Å². The average molecular weight is 359 g/mol. The number of nitrogens with zero attached hydrogens (tertiary/aromatic N) is 1. The molecule has 0 aliphatic rings. The minimum Gasteiger partial charge on any atom is -0.436 e. The smallest absolute Gasteiger partial charge is 0.255 e. The van der Waals surface area contributed by atoms with Crippen LogP contribution in [0.4, 0.5) is 4.39 Å². The van der Waals surface area contributed by atoms with Gasteiger partial charge in [0.05, 0.1) is 0 Å². The van der Waals surface area contributed by atoms with Gasteiger partial charge in [0, 0.05) is 15.7 Å². The number of hydrogen-bond acceptors (Lipinski definition) is 2. The van der Waals surface area contributed by atoms with E-state index in [0.717, 1.165) is 11.1 Å². The molecule has 20 heavy (non-hydrogen) atoms. The minimum atomic E-state index is -0.514. The summed E-state index contributed by atoms with van der Waals surface area (Å²) in [5.41, 5.74) is 1.80. The maximum absolute atomic E-state index is 13.8. The second-order valence-corrected chi connectivity index (χ2v) is 6.16. The summed E-state index contributed by atoms with van der Waals surface area (Å²) in [6, 6.07) is 4.98. The van der Waals surface area contributed by atoms with Crippen LogP contribution in [0.25, 0.3) is 0 Å². The molecule has 1 heterocycles. The minimum absolute atomic E-state index is 0.0478. The summed E-state index contributed by atoms with van der Waals surface area (Å²) in [5, 5.41) is 0.689. The van der Waals surface area contributed by atoms with Crippen LogP contribution in [0, 0.1) is 12.7 Å². The maximum atomic E-state index is 13.8. The van der Waals surface area contributed by atoms with E-state index < -0.39 is 5.82 Å². The lowest BCUT2D eigenvalue weighted by molar-refractivity contribution is 0.419. The van der Waals surface area contributed by atoms with Gasteiger partial charge in [0.2, 0.25) is 0 Å². The van der Waals surface area contributed by atoms with E-state index in [0.29, 0.717) is 15.2 Å². The van der Waals surface area contributed by atoms with Crippen LogP contribution in [0.1, 0.15) is 30.9 Å². The zero-order valence-corrected chi connectivity index (χ0v) is 13.7. The number of hydrogen-bond donors (Lipinski definition) is 0. The Morgan fingerprint density at radius 3 is 2.60 bits per heavy atom. The van der Waals surface area contributed by atoms with Gasteiger partial charge >= 0.3 is 0 Å². The molecule has 0 saturated heterocycles. The molecule has 0 saturated carbocycles. The highest BCUT2D eigenvalue weighted by Gasteiger charge is 2.13. The van der Waals surface area contributed by atoms with Gasteiger partial charge in [-0.3, -0.25) is 0 Å². The first-order valence-electron chi connectivity index (χ1n) is 6.17.